The topological polar surface area (TPSA) is 64.6 Å². The fraction of sp³-hybridized carbons (Fsp3) is 0.429. The van der Waals surface area contributed by atoms with Crippen LogP contribution in [0.5, 0.6) is 5.75 Å². The Balaban J connectivity index is 1.94. The Kier molecular flexibility index (Phi) is 6.16. The molecule has 0 radical (unpaired) electrons. The van der Waals surface area contributed by atoms with Crippen molar-refractivity contribution in [3.8, 4) is 5.75 Å². The zero-order valence-electron chi connectivity index (χ0n) is 16.0. The number of thiophene rings is 1. The Morgan fingerprint density at radius 1 is 1.22 bits per heavy atom. The highest BCUT2D eigenvalue weighted by atomic mass is 32.1. The van der Waals surface area contributed by atoms with Crippen LogP contribution in [0.3, 0.4) is 0 Å². The van der Waals surface area contributed by atoms with E-state index in [0.717, 1.165) is 24.8 Å². The summed E-state index contributed by atoms with van der Waals surface area (Å²) in [6.45, 7) is 6.66. The van der Waals surface area contributed by atoms with Crippen LogP contribution in [0.25, 0.3) is 0 Å². The van der Waals surface area contributed by atoms with Gasteiger partial charge in [-0.2, -0.15) is 0 Å². The number of ether oxygens (including phenoxy) is 2. The molecule has 27 heavy (non-hydrogen) atoms. The molecule has 6 heteroatoms. The predicted octanol–water partition coefficient (Wildman–Crippen LogP) is 4.70. The van der Waals surface area contributed by atoms with Gasteiger partial charge in [-0.25, -0.2) is 4.79 Å². The summed E-state index contributed by atoms with van der Waals surface area (Å²) in [5, 5.41) is 3.51. The van der Waals surface area contributed by atoms with E-state index in [0.29, 0.717) is 41.0 Å². The number of hydrogen-bond donors (Lipinski definition) is 1. The van der Waals surface area contributed by atoms with Gasteiger partial charge in [-0.1, -0.05) is 19.1 Å². The summed E-state index contributed by atoms with van der Waals surface area (Å²) in [6.07, 6.45) is 2.81. The average molecular weight is 388 g/mol. The molecule has 0 spiro atoms. The molecule has 1 amide bonds. The zero-order chi connectivity index (χ0) is 19.4. The van der Waals surface area contributed by atoms with Crippen molar-refractivity contribution in [1.29, 1.82) is 0 Å². The summed E-state index contributed by atoms with van der Waals surface area (Å²) in [5.74, 6) is 0.466. The molecule has 0 unspecified atom stereocenters. The smallest absolute Gasteiger partial charge is 0.341 e. The molecule has 1 aromatic carbocycles. The number of hydrogen-bond acceptors (Lipinski definition) is 5. The van der Waals surface area contributed by atoms with Crippen LogP contribution in [0.4, 0.5) is 5.00 Å². The predicted molar refractivity (Wildman–Crippen MR) is 107 cm³/mol. The van der Waals surface area contributed by atoms with Crippen LogP contribution >= 0.6 is 11.3 Å². The first-order valence-electron chi connectivity index (χ1n) is 9.39. The highest BCUT2D eigenvalue weighted by molar-refractivity contribution is 7.17. The molecule has 1 aliphatic carbocycles. The third-order valence-electron chi connectivity index (χ3n) is 4.65. The van der Waals surface area contributed by atoms with Crippen LogP contribution in [-0.2, 0) is 17.6 Å². The summed E-state index contributed by atoms with van der Waals surface area (Å²) < 4.78 is 10.8. The number of carbonyl (C=O) groups excluding carboxylic acids is 2. The molecule has 5 nitrogen and oxygen atoms in total. The van der Waals surface area contributed by atoms with Crippen LogP contribution in [0.2, 0.25) is 0 Å². The fourth-order valence-electron chi connectivity index (χ4n) is 3.36. The minimum Gasteiger partial charge on any atom is -0.493 e. The Morgan fingerprint density at radius 3 is 2.74 bits per heavy atom. The van der Waals surface area contributed by atoms with Gasteiger partial charge in [0.05, 0.1) is 24.3 Å². The van der Waals surface area contributed by atoms with Gasteiger partial charge in [0.2, 0.25) is 0 Å². The van der Waals surface area contributed by atoms with Gasteiger partial charge in [-0.15, -0.1) is 11.3 Å². The molecule has 1 N–H and O–H groups in total. The van der Waals surface area contributed by atoms with E-state index in [2.05, 4.69) is 12.2 Å². The molecule has 0 aliphatic heterocycles. The van der Waals surface area contributed by atoms with Crippen molar-refractivity contribution >= 4 is 28.2 Å². The second-order valence-electron chi connectivity index (χ2n) is 6.66. The normalized spacial score (nSPS) is 15.7. The molecule has 2 aromatic rings. The van der Waals surface area contributed by atoms with E-state index in [-0.39, 0.29) is 11.9 Å². The van der Waals surface area contributed by atoms with E-state index in [1.165, 1.54) is 16.2 Å². The summed E-state index contributed by atoms with van der Waals surface area (Å²) in [7, 11) is 0. The molecule has 1 atom stereocenters. The van der Waals surface area contributed by atoms with Gasteiger partial charge in [-0.3, -0.25) is 4.79 Å². The van der Waals surface area contributed by atoms with E-state index in [4.69, 9.17) is 9.47 Å². The van der Waals surface area contributed by atoms with Gasteiger partial charge in [-0.05, 0) is 56.7 Å². The highest BCUT2D eigenvalue weighted by Gasteiger charge is 2.29. The van der Waals surface area contributed by atoms with Gasteiger partial charge in [0.25, 0.3) is 5.91 Å². The maximum absolute atomic E-state index is 12.9. The first-order chi connectivity index (χ1) is 13.0. The molecule has 0 saturated carbocycles. The SMILES string of the molecule is CCOC(=O)c1c(NC(=O)c2ccccc2OCC)sc2c1CC[C@H](C)C2. The van der Waals surface area contributed by atoms with Crippen LogP contribution in [0, 0.1) is 5.92 Å². The molecular weight excluding hydrogens is 362 g/mol. The number of anilines is 1. The highest BCUT2D eigenvalue weighted by Crippen LogP contribution is 2.40. The van der Waals surface area contributed by atoms with E-state index in [9.17, 15) is 9.59 Å². The van der Waals surface area contributed by atoms with Crippen LogP contribution in [0.15, 0.2) is 24.3 Å². The Labute approximate surface area is 163 Å². The van der Waals surface area contributed by atoms with Crippen molar-refractivity contribution in [1.82, 2.24) is 0 Å². The monoisotopic (exact) mass is 387 g/mol. The van der Waals surface area contributed by atoms with Crippen molar-refractivity contribution in [2.24, 2.45) is 5.92 Å². The Hall–Kier alpha value is -2.34. The molecular formula is C21H25NO4S. The lowest BCUT2D eigenvalue weighted by Gasteiger charge is -2.18. The minimum atomic E-state index is -0.363. The molecule has 0 bridgehead atoms. The molecule has 144 valence electrons. The lowest BCUT2D eigenvalue weighted by Crippen LogP contribution is -2.17. The number of amides is 1. The maximum Gasteiger partial charge on any atom is 0.341 e. The fourth-order valence-corrected chi connectivity index (χ4v) is 4.76. The van der Waals surface area contributed by atoms with Crippen LogP contribution in [-0.4, -0.2) is 25.1 Å². The largest absolute Gasteiger partial charge is 0.493 e. The number of carbonyl (C=O) groups is 2. The standard InChI is InChI=1S/C21H25NO4S/c1-4-25-16-9-7-6-8-14(16)19(23)22-20-18(21(24)26-5-2)15-11-10-13(3)12-17(15)27-20/h6-9,13H,4-5,10-12H2,1-3H3,(H,22,23)/t13-/m0/s1. The number of benzene rings is 1. The second-order valence-corrected chi connectivity index (χ2v) is 7.76. The number of rotatable bonds is 6. The second kappa shape index (κ2) is 8.57. The van der Waals surface area contributed by atoms with Crippen molar-refractivity contribution in [3.63, 3.8) is 0 Å². The Morgan fingerprint density at radius 2 is 2.00 bits per heavy atom. The van der Waals surface area contributed by atoms with E-state index in [1.807, 2.05) is 13.0 Å². The molecule has 1 aliphatic rings. The maximum atomic E-state index is 12.9. The van der Waals surface area contributed by atoms with Crippen molar-refractivity contribution in [2.75, 3.05) is 18.5 Å². The van der Waals surface area contributed by atoms with Crippen LogP contribution in [0.1, 0.15) is 58.3 Å². The van der Waals surface area contributed by atoms with Gasteiger partial charge in [0.15, 0.2) is 0 Å². The number of para-hydroxylation sites is 1. The average Bonchev–Trinajstić information content (AvgIpc) is 2.99. The first-order valence-corrected chi connectivity index (χ1v) is 10.2. The third kappa shape index (κ3) is 4.16. The molecule has 0 fully saturated rings. The van der Waals surface area contributed by atoms with Gasteiger partial charge in [0, 0.05) is 4.88 Å². The molecule has 0 saturated heterocycles. The number of esters is 1. The van der Waals surface area contributed by atoms with E-state index in [1.54, 1.807) is 25.1 Å². The summed E-state index contributed by atoms with van der Waals surface area (Å²) in [6, 6.07) is 7.12. The lowest BCUT2D eigenvalue weighted by molar-refractivity contribution is 0.0526. The quantitative estimate of drug-likeness (QED) is 0.730. The van der Waals surface area contributed by atoms with E-state index < -0.39 is 0 Å². The molecule has 1 heterocycles. The number of nitrogens with one attached hydrogen (secondary N) is 1. The lowest BCUT2D eigenvalue weighted by atomic mass is 9.88. The van der Waals surface area contributed by atoms with Crippen LogP contribution < -0.4 is 10.1 Å². The third-order valence-corrected chi connectivity index (χ3v) is 5.82. The first kappa shape index (κ1) is 19.4. The van der Waals surface area contributed by atoms with E-state index >= 15 is 0 Å². The summed E-state index contributed by atoms with van der Waals surface area (Å²) in [5.41, 5.74) is 2.00. The van der Waals surface area contributed by atoms with Crippen molar-refractivity contribution < 1.29 is 19.1 Å². The molecule has 1 aromatic heterocycles. The van der Waals surface area contributed by atoms with Crippen molar-refractivity contribution in [3.05, 3.63) is 45.8 Å². The van der Waals surface area contributed by atoms with Gasteiger partial charge < -0.3 is 14.8 Å². The van der Waals surface area contributed by atoms with Gasteiger partial charge in [0.1, 0.15) is 10.8 Å². The molecule has 3 rings (SSSR count). The van der Waals surface area contributed by atoms with Crippen molar-refractivity contribution in [2.45, 2.75) is 40.0 Å². The van der Waals surface area contributed by atoms with Gasteiger partial charge >= 0.3 is 5.97 Å². The zero-order valence-corrected chi connectivity index (χ0v) is 16.8. The summed E-state index contributed by atoms with van der Waals surface area (Å²) in [4.78, 5) is 26.6. The summed E-state index contributed by atoms with van der Waals surface area (Å²) >= 11 is 1.49. The Bertz CT molecular complexity index is 843. The number of fused-ring (bicyclic) bond motifs is 1. The minimum absolute atomic E-state index is 0.281.